The minimum Gasteiger partial charge on any atom is -0.486 e. The van der Waals surface area contributed by atoms with Gasteiger partial charge in [-0.15, -0.1) is 0 Å². The summed E-state index contributed by atoms with van der Waals surface area (Å²) in [5.74, 6) is 0.958. The molecule has 0 amide bonds. The van der Waals surface area contributed by atoms with Gasteiger partial charge in [0.05, 0.1) is 5.56 Å². The van der Waals surface area contributed by atoms with Crippen molar-refractivity contribution in [1.29, 1.82) is 0 Å². The molecular weight excluding hydrogens is 288 g/mol. The molecule has 0 aromatic heterocycles. The first kappa shape index (κ1) is 12.4. The summed E-state index contributed by atoms with van der Waals surface area (Å²) in [7, 11) is 0. The largest absolute Gasteiger partial charge is 0.486 e. The molecule has 92 valence electrons. The zero-order valence-electron chi connectivity index (χ0n) is 9.40. The van der Waals surface area contributed by atoms with E-state index in [4.69, 9.17) is 9.47 Å². The Morgan fingerprint density at radius 3 is 2.71 bits per heavy atom. The highest BCUT2D eigenvalue weighted by molar-refractivity contribution is 9.10. The lowest BCUT2D eigenvalue weighted by atomic mass is 9.98. The topological polar surface area (TPSA) is 55.8 Å². The monoisotopic (exact) mass is 300 g/mol. The summed E-state index contributed by atoms with van der Waals surface area (Å²) in [5.41, 5.74) is 1.30. The maximum atomic E-state index is 11.0. The van der Waals surface area contributed by atoms with Crippen LogP contribution in [0.3, 0.4) is 0 Å². The molecule has 0 radical (unpaired) electrons. The van der Waals surface area contributed by atoms with Crippen LogP contribution in [0.15, 0.2) is 10.5 Å². The Labute approximate surface area is 108 Å². The van der Waals surface area contributed by atoms with Crippen molar-refractivity contribution in [3.05, 3.63) is 21.7 Å². The quantitative estimate of drug-likeness (QED) is 0.869. The van der Waals surface area contributed by atoms with Crippen molar-refractivity contribution in [2.75, 3.05) is 19.8 Å². The number of hydrogen-bond donors (Lipinski definition) is 1. The number of benzene rings is 1. The van der Waals surface area contributed by atoms with Crippen LogP contribution >= 0.6 is 15.9 Å². The average Bonchev–Trinajstić information content (AvgIpc) is 2.37. The van der Waals surface area contributed by atoms with Gasteiger partial charge in [-0.3, -0.25) is 4.79 Å². The van der Waals surface area contributed by atoms with Crippen LogP contribution in [0.4, 0.5) is 0 Å². The van der Waals surface area contributed by atoms with Crippen molar-refractivity contribution in [1.82, 2.24) is 0 Å². The smallest absolute Gasteiger partial charge is 0.172 e. The van der Waals surface area contributed by atoms with Gasteiger partial charge < -0.3 is 14.6 Å². The summed E-state index contributed by atoms with van der Waals surface area (Å²) < 4.78 is 11.8. The molecule has 1 heterocycles. The Morgan fingerprint density at radius 1 is 1.47 bits per heavy atom. The van der Waals surface area contributed by atoms with Gasteiger partial charge in [0.1, 0.15) is 13.2 Å². The van der Waals surface area contributed by atoms with Gasteiger partial charge >= 0.3 is 0 Å². The van der Waals surface area contributed by atoms with E-state index in [0.717, 1.165) is 16.3 Å². The van der Waals surface area contributed by atoms with Crippen LogP contribution in [0.2, 0.25) is 0 Å². The molecule has 0 saturated heterocycles. The molecule has 0 spiro atoms. The Morgan fingerprint density at radius 2 is 2.12 bits per heavy atom. The van der Waals surface area contributed by atoms with E-state index >= 15 is 0 Å². The van der Waals surface area contributed by atoms with Crippen molar-refractivity contribution >= 4 is 22.2 Å². The molecule has 1 atom stereocenters. The molecule has 17 heavy (non-hydrogen) atoms. The molecule has 1 aliphatic rings. The summed E-state index contributed by atoms with van der Waals surface area (Å²) in [5, 5.41) is 9.25. The Hall–Kier alpha value is -1.07. The molecule has 1 aromatic carbocycles. The van der Waals surface area contributed by atoms with E-state index in [-0.39, 0.29) is 12.5 Å². The second-order valence-corrected chi connectivity index (χ2v) is 4.77. The average molecular weight is 301 g/mol. The van der Waals surface area contributed by atoms with Crippen molar-refractivity contribution in [3.63, 3.8) is 0 Å². The fourth-order valence-electron chi connectivity index (χ4n) is 1.86. The number of aldehydes is 1. The molecule has 2 rings (SSSR count). The van der Waals surface area contributed by atoms with Gasteiger partial charge in [-0.1, -0.05) is 22.9 Å². The number of fused-ring (bicyclic) bond motifs is 1. The number of rotatable bonds is 3. The summed E-state index contributed by atoms with van der Waals surface area (Å²) in [6, 6.07) is 1.70. The van der Waals surface area contributed by atoms with E-state index in [9.17, 15) is 9.90 Å². The number of halogens is 1. The molecule has 4 nitrogen and oxygen atoms in total. The number of ether oxygens (including phenoxy) is 2. The van der Waals surface area contributed by atoms with Crippen LogP contribution < -0.4 is 9.47 Å². The maximum absolute atomic E-state index is 11.0. The minimum absolute atomic E-state index is 0.00877. The van der Waals surface area contributed by atoms with Gasteiger partial charge in [0.15, 0.2) is 17.8 Å². The van der Waals surface area contributed by atoms with Crippen LogP contribution in [-0.4, -0.2) is 31.2 Å². The SMILES string of the molecule is CC(CO)c1c(Br)cc(C=O)c2c1OCCO2. The number of carbonyl (C=O) groups excluding carboxylic acids is 1. The first-order valence-electron chi connectivity index (χ1n) is 5.37. The van der Waals surface area contributed by atoms with E-state index in [2.05, 4.69) is 15.9 Å². The summed E-state index contributed by atoms with van der Waals surface area (Å²) >= 11 is 3.40. The second kappa shape index (κ2) is 5.06. The van der Waals surface area contributed by atoms with Crippen molar-refractivity contribution in [3.8, 4) is 11.5 Å². The maximum Gasteiger partial charge on any atom is 0.172 e. The number of aliphatic hydroxyl groups is 1. The standard InChI is InChI=1S/C12H13BrO4/c1-7(5-14)10-9(13)4-8(6-15)11-12(10)17-3-2-16-11/h4,6-7,14H,2-3,5H2,1H3. The van der Waals surface area contributed by atoms with Gasteiger partial charge in [-0.05, 0) is 6.07 Å². The molecule has 5 heteroatoms. The summed E-state index contributed by atoms with van der Waals surface area (Å²) in [6.07, 6.45) is 0.742. The van der Waals surface area contributed by atoms with E-state index in [1.165, 1.54) is 0 Å². The Bertz CT molecular complexity index is 445. The minimum atomic E-state index is -0.0828. The van der Waals surface area contributed by atoms with E-state index in [1.807, 2.05) is 6.92 Å². The number of aliphatic hydroxyl groups excluding tert-OH is 1. The zero-order valence-corrected chi connectivity index (χ0v) is 11.0. The summed E-state index contributed by atoms with van der Waals surface area (Å²) in [6.45, 7) is 2.78. The Balaban J connectivity index is 2.63. The number of hydrogen-bond acceptors (Lipinski definition) is 4. The van der Waals surface area contributed by atoms with Crippen molar-refractivity contribution < 1.29 is 19.4 Å². The van der Waals surface area contributed by atoms with E-state index < -0.39 is 0 Å². The fourth-order valence-corrected chi connectivity index (χ4v) is 2.68. The normalized spacial score (nSPS) is 15.5. The van der Waals surface area contributed by atoms with E-state index in [1.54, 1.807) is 6.07 Å². The van der Waals surface area contributed by atoms with Crippen molar-refractivity contribution in [2.45, 2.75) is 12.8 Å². The third-order valence-electron chi connectivity index (χ3n) is 2.72. The molecule has 1 unspecified atom stereocenters. The fraction of sp³-hybridized carbons (Fsp3) is 0.417. The van der Waals surface area contributed by atoms with Crippen LogP contribution in [0.5, 0.6) is 11.5 Å². The molecule has 0 saturated carbocycles. The highest BCUT2D eigenvalue weighted by atomic mass is 79.9. The van der Waals surface area contributed by atoms with E-state index in [0.29, 0.717) is 30.3 Å². The van der Waals surface area contributed by atoms with Gasteiger partial charge in [-0.25, -0.2) is 0 Å². The first-order valence-corrected chi connectivity index (χ1v) is 6.16. The molecule has 1 N–H and O–H groups in total. The molecule has 0 bridgehead atoms. The Kier molecular flexibility index (Phi) is 3.69. The lowest BCUT2D eigenvalue weighted by Gasteiger charge is -2.25. The molecule has 1 aliphatic heterocycles. The highest BCUT2D eigenvalue weighted by Crippen LogP contribution is 2.44. The van der Waals surface area contributed by atoms with Crippen LogP contribution in [0.25, 0.3) is 0 Å². The van der Waals surface area contributed by atoms with Crippen LogP contribution in [0.1, 0.15) is 28.8 Å². The third-order valence-corrected chi connectivity index (χ3v) is 3.38. The second-order valence-electron chi connectivity index (χ2n) is 3.92. The lowest BCUT2D eigenvalue weighted by Crippen LogP contribution is -2.19. The van der Waals surface area contributed by atoms with Crippen molar-refractivity contribution in [2.24, 2.45) is 0 Å². The van der Waals surface area contributed by atoms with Gasteiger partial charge in [0.25, 0.3) is 0 Å². The third kappa shape index (κ3) is 2.17. The highest BCUT2D eigenvalue weighted by Gasteiger charge is 2.25. The van der Waals surface area contributed by atoms with Gasteiger partial charge in [-0.2, -0.15) is 0 Å². The molecule has 0 fully saturated rings. The predicted octanol–water partition coefficient (Wildman–Crippen LogP) is 2.13. The molecule has 1 aromatic rings. The van der Waals surface area contributed by atoms with Gasteiger partial charge in [0.2, 0.25) is 0 Å². The molecule has 0 aliphatic carbocycles. The summed E-state index contributed by atoms with van der Waals surface area (Å²) in [4.78, 5) is 11.0. The first-order chi connectivity index (χ1) is 8.19. The predicted molar refractivity (Wildman–Crippen MR) is 66.0 cm³/mol. The molecular formula is C12H13BrO4. The van der Waals surface area contributed by atoms with Crippen LogP contribution in [0, 0.1) is 0 Å². The zero-order chi connectivity index (χ0) is 12.4. The lowest BCUT2D eigenvalue weighted by molar-refractivity contribution is 0.111. The number of carbonyl (C=O) groups is 1. The van der Waals surface area contributed by atoms with Crippen LogP contribution in [-0.2, 0) is 0 Å². The van der Waals surface area contributed by atoms with Gasteiger partial charge in [0, 0.05) is 22.6 Å².